The Morgan fingerprint density at radius 2 is 1.62 bits per heavy atom. The van der Waals surface area contributed by atoms with Crippen molar-refractivity contribution in [3.8, 4) is 0 Å². The lowest BCUT2D eigenvalue weighted by Gasteiger charge is -1.84. The van der Waals surface area contributed by atoms with E-state index in [0.717, 1.165) is 6.42 Å². The zero-order valence-corrected chi connectivity index (χ0v) is 11.1. The molecule has 0 nitrogen and oxygen atoms in total. The summed E-state index contributed by atoms with van der Waals surface area (Å²) < 4.78 is 0. The molecule has 0 spiro atoms. The predicted octanol–water partition coefficient (Wildman–Crippen LogP) is 5.84. The summed E-state index contributed by atoms with van der Waals surface area (Å²) in [6.07, 6.45) is 19.4. The zero-order valence-electron chi connectivity index (χ0n) is 11.1. The van der Waals surface area contributed by atoms with Crippen molar-refractivity contribution in [3.63, 3.8) is 0 Å². The van der Waals surface area contributed by atoms with Gasteiger partial charge in [-0.2, -0.15) is 0 Å². The maximum Gasteiger partial charge on any atom is -0.0172 e. The number of allylic oxidation sites excluding steroid dienone is 6. The van der Waals surface area contributed by atoms with Gasteiger partial charge >= 0.3 is 0 Å². The van der Waals surface area contributed by atoms with Gasteiger partial charge in [0.15, 0.2) is 0 Å². The summed E-state index contributed by atoms with van der Waals surface area (Å²) in [7, 11) is 0. The average Bonchev–Trinajstić information content (AvgIpc) is 2.31. The minimum atomic E-state index is 1.01. The van der Waals surface area contributed by atoms with E-state index in [0.29, 0.717) is 0 Å². The molecule has 0 rings (SSSR count). The first-order valence-electron chi connectivity index (χ1n) is 6.36. The van der Waals surface area contributed by atoms with Crippen LogP contribution in [0.4, 0.5) is 0 Å². The Morgan fingerprint density at radius 1 is 0.875 bits per heavy atom. The summed E-state index contributed by atoms with van der Waals surface area (Å²) in [6.45, 7) is 11.6. The van der Waals surface area contributed by atoms with Crippen LogP contribution in [0.5, 0.6) is 0 Å². The molecule has 16 heavy (non-hydrogen) atoms. The van der Waals surface area contributed by atoms with Crippen LogP contribution in [-0.2, 0) is 0 Å². The summed E-state index contributed by atoms with van der Waals surface area (Å²) in [5, 5.41) is 0. The average molecular weight is 220 g/mol. The van der Waals surface area contributed by atoms with Crippen molar-refractivity contribution in [3.05, 3.63) is 49.6 Å². The predicted molar refractivity (Wildman–Crippen MR) is 77.7 cm³/mol. The van der Waals surface area contributed by atoms with Crippen molar-refractivity contribution >= 4 is 0 Å². The highest BCUT2D eigenvalue weighted by molar-refractivity contribution is 4.96. The second-order valence-electron chi connectivity index (χ2n) is 3.59. The van der Waals surface area contributed by atoms with E-state index in [4.69, 9.17) is 0 Å². The van der Waals surface area contributed by atoms with Crippen LogP contribution in [-0.4, -0.2) is 0 Å². The van der Waals surface area contributed by atoms with Gasteiger partial charge in [0.1, 0.15) is 0 Å². The zero-order chi connectivity index (χ0) is 12.5. The molecule has 0 unspecified atom stereocenters. The molecular formula is C16H28. The lowest BCUT2D eigenvalue weighted by molar-refractivity contribution is 0.815. The lowest BCUT2D eigenvalue weighted by atomic mass is 10.2. The Labute approximate surface area is 102 Å². The third-order valence-electron chi connectivity index (χ3n) is 1.92. The highest BCUT2D eigenvalue weighted by Gasteiger charge is 1.73. The molecule has 0 N–H and O–H groups in total. The Morgan fingerprint density at radius 3 is 2.12 bits per heavy atom. The molecule has 0 heteroatoms. The molecule has 0 bridgehead atoms. The molecule has 0 aliphatic heterocycles. The maximum atomic E-state index is 3.61. The summed E-state index contributed by atoms with van der Waals surface area (Å²) in [4.78, 5) is 0. The second kappa shape index (κ2) is 19.5. The van der Waals surface area contributed by atoms with Gasteiger partial charge in [0.05, 0.1) is 0 Å². The fourth-order valence-electron chi connectivity index (χ4n) is 0.991. The van der Waals surface area contributed by atoms with E-state index in [1.54, 1.807) is 0 Å². The van der Waals surface area contributed by atoms with Crippen LogP contribution >= 0.6 is 0 Å². The Balaban J connectivity index is 0. The number of hydrogen-bond acceptors (Lipinski definition) is 0. The third-order valence-corrected chi connectivity index (χ3v) is 1.92. The van der Waals surface area contributed by atoms with Gasteiger partial charge in [-0.1, -0.05) is 76.1 Å². The summed E-state index contributed by atoms with van der Waals surface area (Å²) in [5.41, 5.74) is 0. The third kappa shape index (κ3) is 23.1. The smallest absolute Gasteiger partial charge is 0.0172 e. The van der Waals surface area contributed by atoms with Crippen molar-refractivity contribution in [1.29, 1.82) is 0 Å². The highest BCUT2D eigenvalue weighted by Crippen LogP contribution is 1.94. The molecule has 0 saturated carbocycles. The monoisotopic (exact) mass is 220 g/mol. The standard InChI is InChI=1S/2C8H14/c2*1-3-5-7-8-6-4-2/h3,7-8H,1,4-6H2,2H3;3,5,7H,1,4,6,8H2,2H3. The van der Waals surface area contributed by atoms with E-state index in [9.17, 15) is 0 Å². The first-order valence-corrected chi connectivity index (χ1v) is 6.36. The van der Waals surface area contributed by atoms with E-state index in [2.05, 4.69) is 45.2 Å². The molecule has 0 aliphatic rings. The van der Waals surface area contributed by atoms with Gasteiger partial charge in [0.25, 0.3) is 0 Å². The van der Waals surface area contributed by atoms with Gasteiger partial charge in [-0.15, -0.1) is 6.58 Å². The minimum Gasteiger partial charge on any atom is -0.103 e. The van der Waals surface area contributed by atoms with Crippen LogP contribution in [0.1, 0.15) is 52.4 Å². The lowest BCUT2D eigenvalue weighted by Crippen LogP contribution is -1.64. The Kier molecular flexibility index (Phi) is 21.2. The maximum absolute atomic E-state index is 3.61. The molecule has 0 amide bonds. The SMILES string of the molecule is C=CC=CCCCC.C=CCC=CCCC. The van der Waals surface area contributed by atoms with E-state index in [-0.39, 0.29) is 0 Å². The molecule has 0 fully saturated rings. The van der Waals surface area contributed by atoms with E-state index >= 15 is 0 Å². The fraction of sp³-hybridized carbons (Fsp3) is 0.500. The normalized spacial score (nSPS) is 10.1. The molecule has 0 aromatic carbocycles. The summed E-state index contributed by atoms with van der Waals surface area (Å²) in [5.74, 6) is 0. The molecular weight excluding hydrogens is 192 g/mol. The molecule has 0 atom stereocenters. The summed E-state index contributed by atoms with van der Waals surface area (Å²) in [6, 6.07) is 0. The molecule has 0 saturated heterocycles. The molecule has 0 aliphatic carbocycles. The van der Waals surface area contributed by atoms with Crippen LogP contribution in [0.25, 0.3) is 0 Å². The van der Waals surface area contributed by atoms with Crippen LogP contribution in [0.3, 0.4) is 0 Å². The largest absolute Gasteiger partial charge is 0.103 e. The Bertz CT molecular complexity index is 184. The Hall–Kier alpha value is -1.04. The fourth-order valence-corrected chi connectivity index (χ4v) is 0.991. The van der Waals surface area contributed by atoms with Crippen LogP contribution in [0.2, 0.25) is 0 Å². The van der Waals surface area contributed by atoms with E-state index < -0.39 is 0 Å². The van der Waals surface area contributed by atoms with Gasteiger partial charge in [0.2, 0.25) is 0 Å². The van der Waals surface area contributed by atoms with Crippen molar-refractivity contribution in [1.82, 2.24) is 0 Å². The van der Waals surface area contributed by atoms with Crippen molar-refractivity contribution in [2.45, 2.75) is 52.4 Å². The van der Waals surface area contributed by atoms with Crippen molar-refractivity contribution in [2.75, 3.05) is 0 Å². The first-order chi connectivity index (χ1) is 7.83. The van der Waals surface area contributed by atoms with Crippen molar-refractivity contribution in [2.24, 2.45) is 0 Å². The van der Waals surface area contributed by atoms with E-state index in [1.165, 1.54) is 32.1 Å². The topological polar surface area (TPSA) is 0 Å². The van der Waals surface area contributed by atoms with Gasteiger partial charge in [0, 0.05) is 0 Å². The molecule has 92 valence electrons. The molecule has 0 aromatic rings. The number of unbranched alkanes of at least 4 members (excludes halogenated alkanes) is 3. The molecule has 0 aromatic heterocycles. The van der Waals surface area contributed by atoms with E-state index in [1.807, 2.05) is 18.2 Å². The molecule has 0 radical (unpaired) electrons. The molecule has 0 heterocycles. The van der Waals surface area contributed by atoms with Crippen LogP contribution < -0.4 is 0 Å². The first kappa shape index (κ1) is 17.4. The minimum absolute atomic E-state index is 1.01. The summed E-state index contributed by atoms with van der Waals surface area (Å²) >= 11 is 0. The highest BCUT2D eigenvalue weighted by atomic mass is 13.8. The van der Waals surface area contributed by atoms with Crippen LogP contribution in [0, 0.1) is 0 Å². The van der Waals surface area contributed by atoms with Gasteiger partial charge in [-0.3, -0.25) is 0 Å². The number of rotatable bonds is 8. The quantitative estimate of drug-likeness (QED) is 0.274. The second-order valence-corrected chi connectivity index (χ2v) is 3.59. The van der Waals surface area contributed by atoms with Gasteiger partial charge in [-0.25, -0.2) is 0 Å². The van der Waals surface area contributed by atoms with Gasteiger partial charge in [-0.05, 0) is 19.3 Å². The van der Waals surface area contributed by atoms with Crippen LogP contribution in [0.15, 0.2) is 49.6 Å². The van der Waals surface area contributed by atoms with Crippen molar-refractivity contribution < 1.29 is 0 Å². The number of hydrogen-bond donors (Lipinski definition) is 0. The van der Waals surface area contributed by atoms with Gasteiger partial charge < -0.3 is 0 Å².